The summed E-state index contributed by atoms with van der Waals surface area (Å²) in [5, 5.41) is 6.90. The van der Waals surface area contributed by atoms with E-state index >= 15 is 0 Å². The fourth-order valence-electron chi connectivity index (χ4n) is 5.45. The SMILES string of the molecule is CC1CCCCN1CCCN(C(=O)c1ccc2c(c1)CCO2)C1=CCN=C(N[C@@H](C)c2ccccc2)N1. The van der Waals surface area contributed by atoms with Gasteiger partial charge in [0.15, 0.2) is 5.96 Å². The highest BCUT2D eigenvalue weighted by molar-refractivity contribution is 5.96. The Morgan fingerprint density at radius 2 is 2.11 bits per heavy atom. The van der Waals surface area contributed by atoms with Crippen LogP contribution in [-0.2, 0) is 6.42 Å². The van der Waals surface area contributed by atoms with Gasteiger partial charge in [0.25, 0.3) is 5.91 Å². The molecule has 3 aliphatic rings. The Labute approximate surface area is 220 Å². The van der Waals surface area contributed by atoms with Crippen LogP contribution in [0.3, 0.4) is 0 Å². The molecule has 0 radical (unpaired) electrons. The molecule has 196 valence electrons. The van der Waals surface area contributed by atoms with Crippen molar-refractivity contribution in [2.24, 2.45) is 4.99 Å². The third kappa shape index (κ3) is 6.16. The predicted molar refractivity (Wildman–Crippen MR) is 148 cm³/mol. The molecule has 3 aliphatic heterocycles. The van der Waals surface area contributed by atoms with E-state index in [2.05, 4.69) is 46.5 Å². The van der Waals surface area contributed by atoms with Crippen molar-refractivity contribution in [2.75, 3.05) is 32.8 Å². The van der Waals surface area contributed by atoms with E-state index in [1.54, 1.807) is 0 Å². The van der Waals surface area contributed by atoms with E-state index in [4.69, 9.17) is 4.74 Å². The Hall–Kier alpha value is -3.32. The lowest BCUT2D eigenvalue weighted by atomic mass is 10.0. The van der Waals surface area contributed by atoms with Crippen molar-refractivity contribution in [1.29, 1.82) is 0 Å². The smallest absolute Gasteiger partial charge is 0.259 e. The fraction of sp³-hybridized carbons (Fsp3) is 0.467. The maximum absolute atomic E-state index is 13.9. The van der Waals surface area contributed by atoms with Crippen molar-refractivity contribution in [1.82, 2.24) is 20.4 Å². The lowest BCUT2D eigenvalue weighted by Crippen LogP contribution is -2.47. The Kier molecular flexibility index (Phi) is 8.09. The zero-order valence-corrected chi connectivity index (χ0v) is 22.1. The molecule has 2 atom stereocenters. The lowest BCUT2D eigenvalue weighted by molar-refractivity contribution is 0.0785. The first-order valence-corrected chi connectivity index (χ1v) is 13.7. The first-order valence-electron chi connectivity index (χ1n) is 13.7. The van der Waals surface area contributed by atoms with Crippen molar-refractivity contribution < 1.29 is 9.53 Å². The first kappa shape index (κ1) is 25.3. The van der Waals surface area contributed by atoms with E-state index in [1.807, 2.05) is 47.4 Å². The highest BCUT2D eigenvalue weighted by Gasteiger charge is 2.25. The van der Waals surface area contributed by atoms with Gasteiger partial charge in [0.05, 0.1) is 19.2 Å². The predicted octanol–water partition coefficient (Wildman–Crippen LogP) is 4.48. The number of likely N-dealkylation sites (tertiary alicyclic amines) is 1. The summed E-state index contributed by atoms with van der Waals surface area (Å²) < 4.78 is 5.66. The van der Waals surface area contributed by atoms with E-state index in [0.29, 0.717) is 37.3 Å². The molecule has 1 amide bonds. The van der Waals surface area contributed by atoms with Gasteiger partial charge in [-0.2, -0.15) is 0 Å². The highest BCUT2D eigenvalue weighted by Crippen LogP contribution is 2.27. The van der Waals surface area contributed by atoms with Gasteiger partial charge >= 0.3 is 0 Å². The first-order chi connectivity index (χ1) is 18.1. The van der Waals surface area contributed by atoms with Gasteiger partial charge in [0, 0.05) is 31.1 Å². The van der Waals surface area contributed by atoms with Crippen LogP contribution in [-0.4, -0.2) is 60.5 Å². The average molecular weight is 502 g/mol. The molecule has 3 heterocycles. The summed E-state index contributed by atoms with van der Waals surface area (Å²) in [6.07, 6.45) is 7.62. The summed E-state index contributed by atoms with van der Waals surface area (Å²) in [5.74, 6) is 2.40. The molecule has 2 aromatic rings. The van der Waals surface area contributed by atoms with Crippen LogP contribution in [0.4, 0.5) is 0 Å². The van der Waals surface area contributed by atoms with E-state index < -0.39 is 0 Å². The lowest BCUT2D eigenvalue weighted by Gasteiger charge is -2.34. The summed E-state index contributed by atoms with van der Waals surface area (Å²) in [7, 11) is 0. The quantitative estimate of drug-likeness (QED) is 0.558. The number of carbonyl (C=O) groups excluding carboxylic acids is 1. The second-order valence-corrected chi connectivity index (χ2v) is 10.3. The number of amides is 1. The molecular formula is C30H39N5O2. The summed E-state index contributed by atoms with van der Waals surface area (Å²) in [5.41, 5.74) is 3.00. The number of hydrogen-bond acceptors (Lipinski definition) is 6. The summed E-state index contributed by atoms with van der Waals surface area (Å²) >= 11 is 0. The molecule has 1 saturated heterocycles. The van der Waals surface area contributed by atoms with Crippen LogP contribution in [0.5, 0.6) is 5.75 Å². The minimum atomic E-state index is 0.0116. The van der Waals surface area contributed by atoms with Gasteiger partial charge in [0.1, 0.15) is 11.6 Å². The largest absolute Gasteiger partial charge is 0.493 e. The number of guanidine groups is 1. The zero-order chi connectivity index (χ0) is 25.6. The van der Waals surface area contributed by atoms with E-state index in [-0.39, 0.29) is 11.9 Å². The minimum Gasteiger partial charge on any atom is -0.493 e. The number of nitrogens with one attached hydrogen (secondary N) is 2. The van der Waals surface area contributed by atoms with Crippen LogP contribution in [0.25, 0.3) is 0 Å². The summed E-state index contributed by atoms with van der Waals surface area (Å²) in [6.45, 7) is 8.45. The minimum absolute atomic E-state index is 0.0116. The molecule has 0 spiro atoms. The van der Waals surface area contributed by atoms with Crippen molar-refractivity contribution in [3.05, 3.63) is 77.1 Å². The Bertz CT molecular complexity index is 1150. The molecule has 7 nitrogen and oxygen atoms in total. The number of hydrogen-bond donors (Lipinski definition) is 2. The number of carbonyl (C=O) groups is 1. The molecule has 0 saturated carbocycles. The van der Waals surface area contributed by atoms with Crippen LogP contribution in [0.15, 0.2) is 65.4 Å². The van der Waals surface area contributed by atoms with Gasteiger partial charge in [-0.3, -0.25) is 9.69 Å². The van der Waals surface area contributed by atoms with Gasteiger partial charge in [0.2, 0.25) is 0 Å². The molecule has 0 bridgehead atoms. The molecule has 1 fully saturated rings. The second kappa shape index (κ2) is 11.8. The topological polar surface area (TPSA) is 69.2 Å². The fourth-order valence-corrected chi connectivity index (χ4v) is 5.45. The summed E-state index contributed by atoms with van der Waals surface area (Å²) in [6, 6.07) is 16.8. The van der Waals surface area contributed by atoms with Gasteiger partial charge in [-0.15, -0.1) is 0 Å². The van der Waals surface area contributed by atoms with Crippen molar-refractivity contribution in [3.8, 4) is 5.75 Å². The Balaban J connectivity index is 1.29. The number of nitrogens with zero attached hydrogens (tertiary/aromatic N) is 3. The van der Waals surface area contributed by atoms with Crippen LogP contribution in [0, 0.1) is 0 Å². The van der Waals surface area contributed by atoms with E-state index in [1.165, 1.54) is 24.8 Å². The molecule has 37 heavy (non-hydrogen) atoms. The maximum atomic E-state index is 13.9. The van der Waals surface area contributed by atoms with Crippen molar-refractivity contribution >= 4 is 11.9 Å². The molecule has 5 rings (SSSR count). The van der Waals surface area contributed by atoms with Crippen molar-refractivity contribution in [2.45, 2.75) is 58.0 Å². The van der Waals surface area contributed by atoms with Gasteiger partial charge in [-0.25, -0.2) is 4.99 Å². The second-order valence-electron chi connectivity index (χ2n) is 10.3. The number of benzene rings is 2. The Morgan fingerprint density at radius 3 is 2.95 bits per heavy atom. The zero-order valence-electron chi connectivity index (χ0n) is 22.1. The molecule has 0 aliphatic carbocycles. The van der Waals surface area contributed by atoms with Crippen LogP contribution in [0.1, 0.15) is 67.1 Å². The number of ether oxygens (including phenoxy) is 1. The molecule has 2 aromatic carbocycles. The highest BCUT2D eigenvalue weighted by atomic mass is 16.5. The molecule has 0 aromatic heterocycles. The monoisotopic (exact) mass is 501 g/mol. The number of aliphatic imine (C=N–C) groups is 1. The van der Waals surface area contributed by atoms with Crippen LogP contribution in [0.2, 0.25) is 0 Å². The molecule has 2 N–H and O–H groups in total. The van der Waals surface area contributed by atoms with Gasteiger partial charge in [-0.05, 0) is 75.1 Å². The van der Waals surface area contributed by atoms with Gasteiger partial charge < -0.3 is 20.3 Å². The Morgan fingerprint density at radius 1 is 1.24 bits per heavy atom. The standard InChI is InChI=1S/C30H39N5O2/c1-22-9-6-7-17-34(22)18-8-19-35(29(36)26-12-13-27-25(21-26)15-20-37-27)28-14-16-31-30(33-28)32-23(2)24-10-4-3-5-11-24/h3-5,10-14,21-23H,6-9,15-20H2,1-2H3,(H2,31,32,33)/t22?,23-/m0/s1. The third-order valence-electron chi connectivity index (χ3n) is 7.67. The van der Waals surface area contributed by atoms with E-state index in [0.717, 1.165) is 43.1 Å². The van der Waals surface area contributed by atoms with Crippen molar-refractivity contribution in [3.63, 3.8) is 0 Å². The summed E-state index contributed by atoms with van der Waals surface area (Å²) in [4.78, 5) is 23.0. The number of rotatable bonds is 8. The molecule has 7 heteroatoms. The average Bonchev–Trinajstić information content (AvgIpc) is 3.40. The molecular weight excluding hydrogens is 462 g/mol. The van der Waals surface area contributed by atoms with Crippen LogP contribution >= 0.6 is 0 Å². The normalized spacial score (nSPS) is 20.1. The van der Waals surface area contributed by atoms with Gasteiger partial charge in [-0.1, -0.05) is 36.8 Å². The number of piperidine rings is 1. The number of fused-ring (bicyclic) bond motifs is 1. The maximum Gasteiger partial charge on any atom is 0.259 e. The third-order valence-corrected chi connectivity index (χ3v) is 7.67. The molecule has 1 unspecified atom stereocenters. The van der Waals surface area contributed by atoms with Crippen LogP contribution < -0.4 is 15.4 Å². The van der Waals surface area contributed by atoms with E-state index in [9.17, 15) is 4.79 Å².